The fourth-order valence-electron chi connectivity index (χ4n) is 2.51. The first-order valence-electron chi connectivity index (χ1n) is 9.96. The molecule has 0 unspecified atom stereocenters. The third-order valence-corrected chi connectivity index (χ3v) is 5.87. The maximum atomic E-state index is 12.0. The van der Waals surface area contributed by atoms with Gasteiger partial charge in [-0.1, -0.05) is 23.4 Å². The van der Waals surface area contributed by atoms with Crippen LogP contribution in [0.5, 0.6) is 0 Å². The smallest absolute Gasteiger partial charge is 0.264 e. The molecule has 0 radical (unpaired) electrons. The lowest BCUT2D eigenvalue weighted by Gasteiger charge is -2.05. The van der Waals surface area contributed by atoms with Gasteiger partial charge in [0.25, 0.3) is 10.0 Å². The molecule has 0 bridgehead atoms. The molecular formula is C22H24N8O3S. The number of anilines is 4. The highest BCUT2D eigenvalue weighted by atomic mass is 32.2. The molecule has 11 nitrogen and oxygen atoms in total. The molecule has 0 spiro atoms. The van der Waals surface area contributed by atoms with Crippen LogP contribution in [0.2, 0.25) is 0 Å². The average Bonchev–Trinajstić information content (AvgIpc) is 3.11. The number of pyridine rings is 1. The molecule has 34 heavy (non-hydrogen) atoms. The summed E-state index contributed by atoms with van der Waals surface area (Å²) < 4.78 is 31.3. The highest BCUT2D eigenvalue weighted by molar-refractivity contribution is 7.92. The minimum Gasteiger partial charge on any atom is -0.399 e. The van der Waals surface area contributed by atoms with Crippen molar-refractivity contribution in [2.24, 2.45) is 10.2 Å². The molecule has 0 amide bonds. The summed E-state index contributed by atoms with van der Waals surface area (Å²) in [5.74, 6) is 0.778. The van der Waals surface area contributed by atoms with Crippen molar-refractivity contribution in [3.05, 3.63) is 78.0 Å². The van der Waals surface area contributed by atoms with Gasteiger partial charge in [-0.15, -0.1) is 5.11 Å². The van der Waals surface area contributed by atoms with E-state index in [4.69, 9.17) is 21.7 Å². The zero-order chi connectivity index (χ0) is 24.7. The summed E-state index contributed by atoms with van der Waals surface area (Å²) in [6.07, 6.45) is 0. The Morgan fingerprint density at radius 2 is 1.56 bits per heavy atom. The Morgan fingerprint density at radius 3 is 2.15 bits per heavy atom. The molecule has 0 aliphatic carbocycles. The lowest BCUT2D eigenvalue weighted by Crippen LogP contribution is -2.13. The average molecular weight is 481 g/mol. The predicted molar refractivity (Wildman–Crippen MR) is 131 cm³/mol. The van der Waals surface area contributed by atoms with Gasteiger partial charge in [0, 0.05) is 11.3 Å². The minimum absolute atomic E-state index is 0.116. The molecule has 7 N–H and O–H groups in total. The summed E-state index contributed by atoms with van der Waals surface area (Å²) in [6, 6.07) is 18.6. The van der Waals surface area contributed by atoms with E-state index in [2.05, 4.69) is 25.1 Å². The van der Waals surface area contributed by atoms with Crippen LogP contribution in [0.15, 0.2) is 86.4 Å². The van der Waals surface area contributed by atoms with Crippen molar-refractivity contribution in [3.63, 3.8) is 0 Å². The second-order valence-corrected chi connectivity index (χ2v) is 8.76. The zero-order valence-corrected chi connectivity index (χ0v) is 19.3. The zero-order valence-electron chi connectivity index (χ0n) is 18.5. The van der Waals surface area contributed by atoms with Crippen molar-refractivity contribution in [2.45, 2.75) is 18.7 Å². The third kappa shape index (κ3) is 6.29. The number of hydrogen-bond acceptors (Lipinski definition) is 10. The number of nitrogens with one attached hydrogen (secondary N) is 1. The molecule has 2 aromatic carbocycles. The molecule has 0 saturated heterocycles. The highest BCUT2D eigenvalue weighted by Crippen LogP contribution is 2.24. The van der Waals surface area contributed by atoms with Crippen LogP contribution in [0.1, 0.15) is 11.3 Å². The lowest BCUT2D eigenvalue weighted by molar-refractivity contribution is 0.430. The monoisotopic (exact) mass is 480 g/mol. The third-order valence-electron chi connectivity index (χ3n) is 4.53. The molecule has 4 aromatic rings. The van der Waals surface area contributed by atoms with Crippen LogP contribution >= 0.6 is 0 Å². The standard InChI is InChI=1S/C11H11N5.C11H13N3O3S/c12-10-7-6-9(11(13)14-10)16-15-8-4-2-1-3-5-8;1-7-8(2)13-17-11(7)14-18(15,16)10-5-3-9(12)4-6-10/h1-7H,(H4,12,13,14);3-6,14H,12H2,1-2H3/b16-15+;. The Bertz CT molecular complexity index is 1390. The molecule has 2 aromatic heterocycles. The van der Waals surface area contributed by atoms with Gasteiger partial charge in [0.15, 0.2) is 5.82 Å². The van der Waals surface area contributed by atoms with E-state index in [9.17, 15) is 8.42 Å². The SMILES string of the molecule is Cc1noc(NS(=O)(=O)c2ccc(N)cc2)c1C.Nc1ccc(/N=N/c2ccccc2)c(N)n1. The first kappa shape index (κ1) is 24.2. The van der Waals surface area contributed by atoms with Crippen molar-refractivity contribution in [1.29, 1.82) is 0 Å². The van der Waals surface area contributed by atoms with Crippen molar-refractivity contribution in [2.75, 3.05) is 21.9 Å². The first-order chi connectivity index (χ1) is 16.2. The van der Waals surface area contributed by atoms with Crippen LogP contribution < -0.4 is 21.9 Å². The van der Waals surface area contributed by atoms with Crippen LogP contribution in [0.25, 0.3) is 0 Å². The number of aromatic nitrogens is 2. The summed E-state index contributed by atoms with van der Waals surface area (Å²) in [4.78, 5) is 4.00. The Balaban J connectivity index is 0.000000192. The Labute approximate surface area is 196 Å². The molecule has 4 rings (SSSR count). The van der Waals surface area contributed by atoms with Crippen LogP contribution in [0, 0.1) is 13.8 Å². The summed E-state index contributed by atoms with van der Waals surface area (Å²) in [5.41, 5.74) is 19.7. The van der Waals surface area contributed by atoms with Gasteiger partial charge in [0.1, 0.15) is 11.5 Å². The fourth-order valence-corrected chi connectivity index (χ4v) is 3.56. The van der Waals surface area contributed by atoms with Gasteiger partial charge in [-0.25, -0.2) is 18.1 Å². The Hall–Kier alpha value is -4.45. The van der Waals surface area contributed by atoms with Gasteiger partial charge >= 0.3 is 0 Å². The fraction of sp³-hybridized carbons (Fsp3) is 0.0909. The van der Waals surface area contributed by atoms with Gasteiger partial charge in [-0.05, 0) is 62.4 Å². The van der Waals surface area contributed by atoms with E-state index in [1.165, 1.54) is 24.3 Å². The van der Waals surface area contributed by atoms with E-state index in [1.807, 2.05) is 30.3 Å². The minimum atomic E-state index is -3.68. The number of nitrogens with two attached hydrogens (primary N) is 3. The van der Waals surface area contributed by atoms with Crippen LogP contribution in [-0.2, 0) is 10.0 Å². The molecule has 0 aliphatic rings. The lowest BCUT2D eigenvalue weighted by atomic mass is 10.3. The van der Waals surface area contributed by atoms with Gasteiger partial charge in [-0.2, -0.15) is 5.11 Å². The topological polar surface area (TPSA) is 188 Å². The number of rotatable bonds is 5. The van der Waals surface area contributed by atoms with E-state index >= 15 is 0 Å². The van der Waals surface area contributed by atoms with Crippen molar-refractivity contribution >= 4 is 44.6 Å². The Morgan fingerprint density at radius 1 is 0.882 bits per heavy atom. The molecule has 12 heteroatoms. The van der Waals surface area contributed by atoms with Crippen molar-refractivity contribution in [3.8, 4) is 0 Å². The molecule has 0 atom stereocenters. The summed E-state index contributed by atoms with van der Waals surface area (Å²) >= 11 is 0. The second-order valence-electron chi connectivity index (χ2n) is 7.07. The molecule has 176 valence electrons. The quantitative estimate of drug-likeness (QED) is 0.240. The van der Waals surface area contributed by atoms with Gasteiger partial charge in [0.05, 0.1) is 16.3 Å². The maximum absolute atomic E-state index is 12.0. The number of benzene rings is 2. The summed E-state index contributed by atoms with van der Waals surface area (Å²) in [6.45, 7) is 3.46. The number of azo groups is 1. The van der Waals surface area contributed by atoms with Gasteiger partial charge < -0.3 is 21.7 Å². The van der Waals surface area contributed by atoms with E-state index in [-0.39, 0.29) is 16.6 Å². The number of nitrogen functional groups attached to an aromatic ring is 3. The summed E-state index contributed by atoms with van der Waals surface area (Å²) in [5, 5.41) is 11.7. The summed E-state index contributed by atoms with van der Waals surface area (Å²) in [7, 11) is -3.68. The van der Waals surface area contributed by atoms with Gasteiger partial charge in [0.2, 0.25) is 5.88 Å². The van der Waals surface area contributed by atoms with Gasteiger partial charge in [-0.3, -0.25) is 0 Å². The number of sulfonamides is 1. The van der Waals surface area contributed by atoms with E-state index in [0.29, 0.717) is 28.5 Å². The van der Waals surface area contributed by atoms with Crippen LogP contribution in [-0.4, -0.2) is 18.6 Å². The molecular weight excluding hydrogens is 456 g/mol. The molecule has 0 fully saturated rings. The number of hydrogen-bond donors (Lipinski definition) is 4. The molecule has 2 heterocycles. The normalized spacial score (nSPS) is 11.1. The molecule has 0 aliphatic heterocycles. The van der Waals surface area contributed by atoms with Crippen molar-refractivity contribution < 1.29 is 12.9 Å². The van der Waals surface area contributed by atoms with Crippen LogP contribution in [0.4, 0.5) is 34.6 Å². The van der Waals surface area contributed by atoms with E-state index in [0.717, 1.165) is 5.69 Å². The van der Waals surface area contributed by atoms with Crippen molar-refractivity contribution in [1.82, 2.24) is 10.1 Å². The largest absolute Gasteiger partial charge is 0.399 e. The van der Waals surface area contributed by atoms with E-state index in [1.54, 1.807) is 26.0 Å². The number of nitrogens with zero attached hydrogens (tertiary/aromatic N) is 4. The predicted octanol–water partition coefficient (Wildman–Crippen LogP) is 4.34. The second kappa shape index (κ2) is 10.4. The first-order valence-corrected chi connectivity index (χ1v) is 11.4. The maximum Gasteiger partial charge on any atom is 0.264 e. The highest BCUT2D eigenvalue weighted by Gasteiger charge is 2.18. The van der Waals surface area contributed by atoms with Crippen LogP contribution in [0.3, 0.4) is 0 Å². The Kier molecular flexibility index (Phi) is 7.43. The number of aryl methyl sites for hydroxylation is 1. The molecule has 0 saturated carbocycles. The van der Waals surface area contributed by atoms with E-state index < -0.39 is 10.0 Å².